The predicted molar refractivity (Wildman–Crippen MR) is 109 cm³/mol. The van der Waals surface area contributed by atoms with Crippen LogP contribution < -0.4 is 19.8 Å². The molecule has 0 aliphatic heterocycles. The molecule has 1 N–H and O–H groups in total. The second-order valence-corrected chi connectivity index (χ2v) is 6.44. The normalized spacial score (nSPS) is 11.7. The van der Waals surface area contributed by atoms with Crippen LogP contribution in [0.1, 0.15) is 23.5 Å². The van der Waals surface area contributed by atoms with E-state index >= 15 is 0 Å². The van der Waals surface area contributed by atoms with Gasteiger partial charge in [0.1, 0.15) is 11.3 Å². The Labute approximate surface area is 172 Å². The van der Waals surface area contributed by atoms with Gasteiger partial charge >= 0.3 is 11.6 Å². The summed E-state index contributed by atoms with van der Waals surface area (Å²) in [6.07, 6.45) is -0.216. The molecule has 0 amide bonds. The van der Waals surface area contributed by atoms with Gasteiger partial charge in [0.15, 0.2) is 11.5 Å². The van der Waals surface area contributed by atoms with Gasteiger partial charge in [-0.25, -0.2) is 4.79 Å². The molecule has 0 saturated heterocycles. The van der Waals surface area contributed by atoms with Gasteiger partial charge in [0, 0.05) is 5.92 Å². The summed E-state index contributed by atoms with van der Waals surface area (Å²) < 4.78 is 26.3. The van der Waals surface area contributed by atoms with Gasteiger partial charge in [0.25, 0.3) is 0 Å². The predicted octanol–water partition coefficient (Wildman–Crippen LogP) is 3.22. The zero-order valence-electron chi connectivity index (χ0n) is 17.1. The first kappa shape index (κ1) is 21.0. The third kappa shape index (κ3) is 3.76. The van der Waals surface area contributed by atoms with E-state index in [-0.39, 0.29) is 23.3 Å². The highest BCUT2D eigenvalue weighted by molar-refractivity contribution is 5.85. The number of ether oxygens (including phenoxy) is 4. The van der Waals surface area contributed by atoms with Crippen molar-refractivity contribution >= 4 is 16.9 Å². The lowest BCUT2D eigenvalue weighted by Crippen LogP contribution is -2.18. The van der Waals surface area contributed by atoms with Crippen LogP contribution in [0.4, 0.5) is 0 Å². The van der Waals surface area contributed by atoms with Crippen molar-refractivity contribution < 1.29 is 33.3 Å². The van der Waals surface area contributed by atoms with Gasteiger partial charge in [-0.15, -0.1) is 0 Å². The molecule has 0 aliphatic carbocycles. The summed E-state index contributed by atoms with van der Waals surface area (Å²) >= 11 is 0. The van der Waals surface area contributed by atoms with Crippen molar-refractivity contribution in [3.05, 3.63) is 57.9 Å². The average Bonchev–Trinajstić information content (AvgIpc) is 2.77. The van der Waals surface area contributed by atoms with Gasteiger partial charge in [0.2, 0.25) is 5.75 Å². The van der Waals surface area contributed by atoms with Crippen molar-refractivity contribution in [3.8, 4) is 23.0 Å². The van der Waals surface area contributed by atoms with Crippen LogP contribution in [0.25, 0.3) is 11.0 Å². The van der Waals surface area contributed by atoms with E-state index in [1.807, 2.05) is 0 Å². The summed E-state index contributed by atoms with van der Waals surface area (Å²) in [4.78, 5) is 25.0. The van der Waals surface area contributed by atoms with E-state index in [4.69, 9.17) is 23.4 Å². The highest BCUT2D eigenvalue weighted by Crippen LogP contribution is 2.43. The minimum atomic E-state index is -0.882. The largest absolute Gasteiger partial charge is 0.507 e. The number of fused-ring (bicyclic) bond motifs is 1. The Hall–Kier alpha value is -3.68. The van der Waals surface area contributed by atoms with Gasteiger partial charge in [-0.2, -0.15) is 0 Å². The van der Waals surface area contributed by atoms with Crippen LogP contribution in [0.2, 0.25) is 0 Å². The standard InChI is InChI=1S/C22H22O8/c1-26-16-9-12(10-17(27-2)21(16)29-4)14(11-18(23)28-3)19-20(24)13-7-5-6-8-15(13)30-22(19)25/h5-10,14,24H,11H2,1-4H3/t14-/m0/s1. The van der Waals surface area contributed by atoms with E-state index in [9.17, 15) is 14.7 Å². The maximum absolute atomic E-state index is 12.8. The maximum Gasteiger partial charge on any atom is 0.343 e. The Balaban J connectivity index is 2.29. The minimum absolute atomic E-state index is 0.0617. The van der Waals surface area contributed by atoms with Gasteiger partial charge in [-0.1, -0.05) is 12.1 Å². The van der Waals surface area contributed by atoms with E-state index in [0.29, 0.717) is 28.2 Å². The zero-order chi connectivity index (χ0) is 21.8. The van der Waals surface area contributed by atoms with Gasteiger partial charge in [-0.05, 0) is 29.8 Å². The molecule has 1 atom stereocenters. The number of para-hydroxylation sites is 1. The summed E-state index contributed by atoms with van der Waals surface area (Å²) in [5.74, 6) is -0.676. The van der Waals surface area contributed by atoms with Crippen molar-refractivity contribution in [2.24, 2.45) is 0 Å². The Kier molecular flexibility index (Phi) is 6.15. The molecule has 0 radical (unpaired) electrons. The molecule has 2 aromatic carbocycles. The summed E-state index contributed by atoms with van der Waals surface area (Å²) in [7, 11) is 5.63. The molecule has 0 saturated carbocycles. The second kappa shape index (κ2) is 8.77. The van der Waals surface area contributed by atoms with Gasteiger partial charge in [0.05, 0.1) is 45.8 Å². The molecule has 1 aromatic heterocycles. The number of esters is 1. The number of benzene rings is 2. The van der Waals surface area contributed by atoms with Crippen LogP contribution in [0.5, 0.6) is 23.0 Å². The van der Waals surface area contributed by atoms with Crippen molar-refractivity contribution in [1.82, 2.24) is 0 Å². The zero-order valence-corrected chi connectivity index (χ0v) is 17.1. The minimum Gasteiger partial charge on any atom is -0.507 e. The van der Waals surface area contributed by atoms with Gasteiger partial charge < -0.3 is 28.5 Å². The lowest BCUT2D eigenvalue weighted by molar-refractivity contribution is -0.140. The fourth-order valence-electron chi connectivity index (χ4n) is 3.39. The first-order valence-corrected chi connectivity index (χ1v) is 9.06. The summed E-state index contributed by atoms with van der Waals surface area (Å²) in [6.45, 7) is 0. The molecule has 1 heterocycles. The van der Waals surface area contributed by atoms with E-state index < -0.39 is 17.5 Å². The highest BCUT2D eigenvalue weighted by Gasteiger charge is 2.29. The maximum atomic E-state index is 12.8. The van der Waals surface area contributed by atoms with Crippen LogP contribution >= 0.6 is 0 Å². The number of hydrogen-bond donors (Lipinski definition) is 1. The Morgan fingerprint density at radius 2 is 1.67 bits per heavy atom. The Bertz CT molecular complexity index is 1110. The SMILES string of the molecule is COC(=O)C[C@@H](c1cc(OC)c(OC)c(OC)c1)c1c(O)c2ccccc2oc1=O. The second-order valence-electron chi connectivity index (χ2n) is 6.44. The lowest BCUT2D eigenvalue weighted by atomic mass is 9.87. The molecule has 3 aromatic rings. The fourth-order valence-corrected chi connectivity index (χ4v) is 3.39. The van der Waals surface area contributed by atoms with E-state index in [1.165, 1.54) is 28.4 Å². The topological polar surface area (TPSA) is 104 Å². The Morgan fingerprint density at radius 1 is 1.03 bits per heavy atom. The van der Waals surface area contributed by atoms with Crippen molar-refractivity contribution in [1.29, 1.82) is 0 Å². The Morgan fingerprint density at radius 3 is 2.23 bits per heavy atom. The first-order chi connectivity index (χ1) is 14.4. The number of methoxy groups -OCH3 is 4. The molecular weight excluding hydrogens is 392 g/mol. The van der Waals surface area contributed by atoms with Crippen molar-refractivity contribution in [2.75, 3.05) is 28.4 Å². The molecule has 30 heavy (non-hydrogen) atoms. The third-order valence-electron chi connectivity index (χ3n) is 4.86. The summed E-state index contributed by atoms with van der Waals surface area (Å²) in [5, 5.41) is 11.3. The van der Waals surface area contributed by atoms with E-state index in [0.717, 1.165) is 0 Å². The van der Waals surface area contributed by atoms with Crippen LogP contribution in [-0.2, 0) is 9.53 Å². The molecule has 0 spiro atoms. The monoisotopic (exact) mass is 414 g/mol. The molecule has 8 nitrogen and oxygen atoms in total. The number of hydrogen-bond acceptors (Lipinski definition) is 8. The number of carbonyl (C=O) groups is 1. The molecule has 158 valence electrons. The highest BCUT2D eigenvalue weighted by atomic mass is 16.5. The first-order valence-electron chi connectivity index (χ1n) is 9.06. The average molecular weight is 414 g/mol. The van der Waals surface area contributed by atoms with Crippen LogP contribution in [0.3, 0.4) is 0 Å². The van der Waals surface area contributed by atoms with E-state index in [2.05, 4.69) is 0 Å². The van der Waals surface area contributed by atoms with Gasteiger partial charge in [-0.3, -0.25) is 4.79 Å². The molecule has 0 fully saturated rings. The number of aromatic hydroxyl groups is 1. The summed E-state index contributed by atoms with van der Waals surface area (Å²) in [5.41, 5.74) is -0.0968. The van der Waals surface area contributed by atoms with Crippen LogP contribution in [0, 0.1) is 0 Å². The number of carbonyl (C=O) groups excluding carboxylic acids is 1. The number of rotatable bonds is 7. The van der Waals surface area contributed by atoms with Crippen molar-refractivity contribution in [2.45, 2.75) is 12.3 Å². The molecular formula is C22H22O8. The molecule has 0 unspecified atom stereocenters. The smallest absolute Gasteiger partial charge is 0.343 e. The molecule has 8 heteroatoms. The third-order valence-corrected chi connectivity index (χ3v) is 4.86. The summed E-state index contributed by atoms with van der Waals surface area (Å²) in [6, 6.07) is 9.83. The van der Waals surface area contributed by atoms with Crippen LogP contribution in [0.15, 0.2) is 45.6 Å². The molecule has 0 aliphatic rings. The molecule has 0 bridgehead atoms. The fraction of sp³-hybridized carbons (Fsp3) is 0.273. The quantitative estimate of drug-likeness (QED) is 0.464. The van der Waals surface area contributed by atoms with Crippen molar-refractivity contribution in [3.63, 3.8) is 0 Å². The lowest BCUT2D eigenvalue weighted by Gasteiger charge is -2.20. The van der Waals surface area contributed by atoms with Crippen LogP contribution in [-0.4, -0.2) is 39.5 Å². The molecule has 3 rings (SSSR count). The van der Waals surface area contributed by atoms with E-state index in [1.54, 1.807) is 36.4 Å².